The number of hydrogen-bond acceptors (Lipinski definition) is 4. The lowest BCUT2D eigenvalue weighted by molar-refractivity contribution is 0.414. The highest BCUT2D eigenvalue weighted by molar-refractivity contribution is 5.83. The number of methoxy groups -OCH3 is 1. The molecule has 2 N–H and O–H groups in total. The van der Waals surface area contributed by atoms with Gasteiger partial charge in [-0.3, -0.25) is 4.79 Å². The van der Waals surface area contributed by atoms with Crippen LogP contribution in [0.4, 0.5) is 5.69 Å². The van der Waals surface area contributed by atoms with Crippen LogP contribution in [-0.2, 0) is 6.54 Å². The molecule has 3 aromatic rings. The van der Waals surface area contributed by atoms with Crippen molar-refractivity contribution in [3.63, 3.8) is 0 Å². The van der Waals surface area contributed by atoms with Crippen LogP contribution >= 0.6 is 0 Å². The van der Waals surface area contributed by atoms with Crippen LogP contribution in [0.15, 0.2) is 53.5 Å². The van der Waals surface area contributed by atoms with Gasteiger partial charge < -0.3 is 10.5 Å². The quantitative estimate of drug-likeness (QED) is 0.746. The number of nitrogen functional groups attached to an aromatic ring is 1. The van der Waals surface area contributed by atoms with Crippen LogP contribution in [-0.4, -0.2) is 16.9 Å². The topological polar surface area (TPSA) is 70.1 Å². The van der Waals surface area contributed by atoms with Gasteiger partial charge in [-0.05, 0) is 29.8 Å². The van der Waals surface area contributed by atoms with Crippen LogP contribution in [0.3, 0.4) is 0 Å². The first-order valence-corrected chi connectivity index (χ1v) is 6.55. The first-order chi connectivity index (χ1) is 10.2. The third-order valence-electron chi connectivity index (χ3n) is 3.37. The van der Waals surface area contributed by atoms with E-state index in [9.17, 15) is 4.79 Å². The van der Waals surface area contributed by atoms with Crippen molar-refractivity contribution in [2.45, 2.75) is 6.54 Å². The lowest BCUT2D eigenvalue weighted by Gasteiger charge is -2.07. The predicted molar refractivity (Wildman–Crippen MR) is 82.5 cm³/mol. The maximum atomic E-state index is 12.4. The minimum Gasteiger partial charge on any atom is -0.497 e. The van der Waals surface area contributed by atoms with Gasteiger partial charge in [0.25, 0.3) is 5.56 Å². The molecule has 0 unspecified atom stereocenters. The Morgan fingerprint density at radius 1 is 1.19 bits per heavy atom. The number of anilines is 1. The van der Waals surface area contributed by atoms with Gasteiger partial charge in [0.05, 0.1) is 25.2 Å². The summed E-state index contributed by atoms with van der Waals surface area (Å²) in [5.41, 5.74) is 7.15. The number of fused-ring (bicyclic) bond motifs is 1. The predicted octanol–water partition coefficient (Wildman–Crippen LogP) is 2.04. The van der Waals surface area contributed by atoms with E-state index >= 15 is 0 Å². The molecule has 0 aliphatic carbocycles. The Bertz CT molecular complexity index is 838. The van der Waals surface area contributed by atoms with E-state index in [-0.39, 0.29) is 5.56 Å². The van der Waals surface area contributed by atoms with Crippen LogP contribution in [0.5, 0.6) is 5.75 Å². The van der Waals surface area contributed by atoms with Crippen molar-refractivity contribution in [1.29, 1.82) is 0 Å². The fourth-order valence-electron chi connectivity index (χ4n) is 2.21. The summed E-state index contributed by atoms with van der Waals surface area (Å²) in [7, 11) is 1.62. The SMILES string of the molecule is COc1ccc(Cn2ncc3ccc(N)cc3c2=O)cc1. The van der Waals surface area contributed by atoms with E-state index in [2.05, 4.69) is 5.10 Å². The standard InChI is InChI=1S/C16H15N3O2/c1-21-14-6-2-11(3-7-14)10-19-16(20)15-8-13(17)5-4-12(15)9-18-19/h2-9H,10,17H2,1H3. The summed E-state index contributed by atoms with van der Waals surface area (Å²) >= 11 is 0. The second kappa shape index (κ2) is 5.28. The lowest BCUT2D eigenvalue weighted by Crippen LogP contribution is -2.23. The first kappa shape index (κ1) is 13.2. The number of benzene rings is 2. The van der Waals surface area contributed by atoms with Crippen molar-refractivity contribution in [2.75, 3.05) is 12.8 Å². The van der Waals surface area contributed by atoms with Gasteiger partial charge in [0.15, 0.2) is 0 Å². The monoisotopic (exact) mass is 281 g/mol. The number of nitrogens with zero attached hydrogens (tertiary/aromatic N) is 2. The molecule has 0 saturated carbocycles. The van der Waals surface area contributed by atoms with Gasteiger partial charge in [-0.2, -0.15) is 5.10 Å². The van der Waals surface area contributed by atoms with Crippen LogP contribution in [0, 0.1) is 0 Å². The highest BCUT2D eigenvalue weighted by atomic mass is 16.5. The number of rotatable bonds is 3. The van der Waals surface area contributed by atoms with Crippen LogP contribution in [0.1, 0.15) is 5.56 Å². The number of hydrogen-bond donors (Lipinski definition) is 1. The fraction of sp³-hybridized carbons (Fsp3) is 0.125. The molecule has 3 rings (SSSR count). The molecule has 0 aliphatic rings. The second-order valence-corrected chi connectivity index (χ2v) is 4.80. The molecule has 0 saturated heterocycles. The molecule has 5 nitrogen and oxygen atoms in total. The number of nitrogens with two attached hydrogens (primary N) is 1. The molecule has 106 valence electrons. The number of ether oxygens (including phenoxy) is 1. The summed E-state index contributed by atoms with van der Waals surface area (Å²) in [4.78, 5) is 12.4. The number of aromatic nitrogens is 2. The molecule has 1 aromatic heterocycles. The summed E-state index contributed by atoms with van der Waals surface area (Å²) in [6.45, 7) is 0.410. The second-order valence-electron chi connectivity index (χ2n) is 4.80. The molecule has 2 aromatic carbocycles. The van der Waals surface area contributed by atoms with Crippen molar-refractivity contribution in [1.82, 2.24) is 9.78 Å². The van der Waals surface area contributed by atoms with Crippen molar-refractivity contribution < 1.29 is 4.74 Å². The van der Waals surface area contributed by atoms with E-state index in [1.165, 1.54) is 4.68 Å². The minimum atomic E-state index is -0.143. The Labute approximate surface area is 121 Å². The van der Waals surface area contributed by atoms with Gasteiger partial charge >= 0.3 is 0 Å². The van der Waals surface area contributed by atoms with Gasteiger partial charge in [0.1, 0.15) is 5.75 Å². The van der Waals surface area contributed by atoms with Gasteiger partial charge in [0.2, 0.25) is 0 Å². The maximum absolute atomic E-state index is 12.4. The van der Waals surface area contributed by atoms with E-state index in [4.69, 9.17) is 10.5 Å². The van der Waals surface area contributed by atoms with Gasteiger partial charge in [-0.1, -0.05) is 18.2 Å². The zero-order chi connectivity index (χ0) is 14.8. The first-order valence-electron chi connectivity index (χ1n) is 6.55. The average molecular weight is 281 g/mol. The third kappa shape index (κ3) is 2.58. The Morgan fingerprint density at radius 2 is 1.95 bits per heavy atom. The third-order valence-corrected chi connectivity index (χ3v) is 3.37. The lowest BCUT2D eigenvalue weighted by atomic mass is 10.2. The molecule has 0 spiro atoms. The summed E-state index contributed by atoms with van der Waals surface area (Å²) in [6.07, 6.45) is 1.68. The minimum absolute atomic E-state index is 0.143. The highest BCUT2D eigenvalue weighted by Gasteiger charge is 2.05. The van der Waals surface area contributed by atoms with Crippen molar-refractivity contribution in [3.8, 4) is 5.75 Å². The smallest absolute Gasteiger partial charge is 0.275 e. The molecular formula is C16H15N3O2. The van der Waals surface area contributed by atoms with Crippen molar-refractivity contribution >= 4 is 16.5 Å². The molecule has 0 atom stereocenters. The molecule has 0 fully saturated rings. The Morgan fingerprint density at radius 3 is 2.67 bits per heavy atom. The van der Waals surface area contributed by atoms with Crippen LogP contribution in [0.2, 0.25) is 0 Å². The molecular weight excluding hydrogens is 266 g/mol. The summed E-state index contributed by atoms with van der Waals surface area (Å²) in [5, 5.41) is 5.58. The van der Waals surface area contributed by atoms with E-state index in [0.29, 0.717) is 17.6 Å². The highest BCUT2D eigenvalue weighted by Crippen LogP contribution is 2.14. The Hall–Kier alpha value is -2.82. The average Bonchev–Trinajstić information content (AvgIpc) is 2.51. The van der Waals surface area contributed by atoms with Crippen LogP contribution < -0.4 is 16.0 Å². The van der Waals surface area contributed by atoms with E-state index in [1.54, 1.807) is 31.5 Å². The molecule has 0 bridgehead atoms. The van der Waals surface area contributed by atoms with E-state index in [0.717, 1.165) is 16.7 Å². The van der Waals surface area contributed by atoms with E-state index < -0.39 is 0 Å². The largest absolute Gasteiger partial charge is 0.497 e. The molecule has 21 heavy (non-hydrogen) atoms. The zero-order valence-electron chi connectivity index (χ0n) is 11.6. The maximum Gasteiger partial charge on any atom is 0.275 e. The van der Waals surface area contributed by atoms with Crippen LogP contribution in [0.25, 0.3) is 10.8 Å². The Balaban J connectivity index is 2.00. The van der Waals surface area contributed by atoms with Gasteiger partial charge in [0, 0.05) is 11.1 Å². The van der Waals surface area contributed by atoms with E-state index in [1.807, 2.05) is 24.3 Å². The molecule has 5 heteroatoms. The summed E-state index contributed by atoms with van der Waals surface area (Å²) < 4.78 is 6.55. The fourth-order valence-corrected chi connectivity index (χ4v) is 2.21. The molecule has 0 aliphatic heterocycles. The summed E-state index contributed by atoms with van der Waals surface area (Å²) in [6, 6.07) is 12.8. The molecule has 0 radical (unpaired) electrons. The summed E-state index contributed by atoms with van der Waals surface area (Å²) in [5.74, 6) is 0.783. The van der Waals surface area contributed by atoms with Gasteiger partial charge in [-0.25, -0.2) is 4.68 Å². The molecule has 0 amide bonds. The normalized spacial score (nSPS) is 10.7. The zero-order valence-corrected chi connectivity index (χ0v) is 11.6. The Kier molecular flexibility index (Phi) is 3.31. The van der Waals surface area contributed by atoms with Crippen molar-refractivity contribution in [2.24, 2.45) is 0 Å². The van der Waals surface area contributed by atoms with Gasteiger partial charge in [-0.15, -0.1) is 0 Å². The molecule has 1 heterocycles. The van der Waals surface area contributed by atoms with Crippen molar-refractivity contribution in [3.05, 3.63) is 64.6 Å².